The zero-order chi connectivity index (χ0) is 17.2. The van der Waals surface area contributed by atoms with Crippen LogP contribution >= 0.6 is 23.8 Å². The van der Waals surface area contributed by atoms with Crippen LogP contribution in [-0.4, -0.2) is 16.9 Å². The predicted octanol–water partition coefficient (Wildman–Crippen LogP) is 3.62. The molecule has 2 amide bonds. The molecule has 1 aromatic carbocycles. The van der Waals surface area contributed by atoms with Crippen LogP contribution in [0.3, 0.4) is 0 Å². The molecule has 0 aromatic heterocycles. The summed E-state index contributed by atoms with van der Waals surface area (Å²) in [6.07, 6.45) is 4.06. The van der Waals surface area contributed by atoms with Crippen molar-refractivity contribution < 1.29 is 9.59 Å². The Bertz CT molecular complexity index is 708. The summed E-state index contributed by atoms with van der Waals surface area (Å²) in [5.74, 6) is -0.930. The van der Waals surface area contributed by atoms with Gasteiger partial charge < -0.3 is 0 Å². The molecule has 6 heteroatoms. The van der Waals surface area contributed by atoms with Crippen LogP contribution in [0.2, 0.25) is 5.02 Å². The van der Waals surface area contributed by atoms with E-state index >= 15 is 0 Å². The number of carbonyl (C=O) groups is 2. The number of halogens is 1. The van der Waals surface area contributed by atoms with Crippen molar-refractivity contribution in [1.82, 2.24) is 5.32 Å². The van der Waals surface area contributed by atoms with Gasteiger partial charge in [-0.1, -0.05) is 37.6 Å². The van der Waals surface area contributed by atoms with Gasteiger partial charge in [-0.3, -0.25) is 19.8 Å². The van der Waals surface area contributed by atoms with E-state index in [1.54, 1.807) is 36.4 Å². The molecule has 0 radical (unpaired) electrons. The van der Waals surface area contributed by atoms with Crippen LogP contribution in [0.5, 0.6) is 0 Å². The Kier molecular flexibility index (Phi) is 5.02. The fourth-order valence-corrected chi connectivity index (χ4v) is 2.71. The summed E-state index contributed by atoms with van der Waals surface area (Å²) >= 11 is 11.0. The molecule has 0 unspecified atom stereocenters. The van der Waals surface area contributed by atoms with Gasteiger partial charge in [0, 0.05) is 5.02 Å². The number of thiocarbonyl (C=S) groups is 1. The molecule has 0 spiro atoms. The minimum atomic E-state index is -0.484. The highest BCUT2D eigenvalue weighted by molar-refractivity contribution is 7.80. The quantitative estimate of drug-likeness (QED) is 0.391. The fourth-order valence-electron chi connectivity index (χ4n) is 2.30. The predicted molar refractivity (Wildman–Crippen MR) is 96.4 cm³/mol. The molecule has 0 atom stereocenters. The van der Waals surface area contributed by atoms with E-state index < -0.39 is 11.8 Å². The summed E-state index contributed by atoms with van der Waals surface area (Å²) in [4.78, 5) is 26.2. The van der Waals surface area contributed by atoms with Crippen LogP contribution in [0.1, 0.15) is 20.3 Å². The normalized spacial score (nSPS) is 17.4. The number of rotatable bonds is 4. The average molecular weight is 349 g/mol. The van der Waals surface area contributed by atoms with Gasteiger partial charge in [-0.15, -0.1) is 6.58 Å². The Morgan fingerprint density at radius 1 is 1.30 bits per heavy atom. The van der Waals surface area contributed by atoms with Crippen LogP contribution in [-0.2, 0) is 9.59 Å². The molecule has 0 bridgehead atoms. The van der Waals surface area contributed by atoms with E-state index in [1.165, 1.54) is 4.90 Å². The molecule has 1 fully saturated rings. The smallest absolute Gasteiger partial charge is 0.269 e. The third-order valence-electron chi connectivity index (χ3n) is 3.39. The maximum atomic E-state index is 12.8. The molecule has 1 aliphatic heterocycles. The molecule has 1 aromatic rings. The van der Waals surface area contributed by atoms with E-state index in [0.29, 0.717) is 17.1 Å². The molecule has 4 nitrogen and oxygen atoms in total. The molecule has 120 valence electrons. The molecule has 1 aliphatic rings. The Balaban J connectivity index is 2.43. The van der Waals surface area contributed by atoms with E-state index in [4.69, 9.17) is 23.8 Å². The Hall–Kier alpha value is -1.98. The van der Waals surface area contributed by atoms with Crippen molar-refractivity contribution in [2.45, 2.75) is 20.3 Å². The van der Waals surface area contributed by atoms with Crippen molar-refractivity contribution in [3.8, 4) is 0 Å². The zero-order valence-electron chi connectivity index (χ0n) is 12.9. The number of hydrogen-bond donors (Lipinski definition) is 1. The molecular formula is C17H17ClN2O2S. The van der Waals surface area contributed by atoms with Crippen LogP contribution < -0.4 is 10.2 Å². The lowest BCUT2D eigenvalue weighted by atomic mass is 9.86. The number of benzene rings is 1. The highest BCUT2D eigenvalue weighted by Gasteiger charge is 2.35. The molecule has 1 heterocycles. The first-order valence-electron chi connectivity index (χ1n) is 7.04. The van der Waals surface area contributed by atoms with Crippen molar-refractivity contribution >= 4 is 46.4 Å². The van der Waals surface area contributed by atoms with Gasteiger partial charge in [0.2, 0.25) is 0 Å². The molecule has 0 aliphatic carbocycles. The van der Waals surface area contributed by atoms with E-state index in [1.807, 2.05) is 13.8 Å². The van der Waals surface area contributed by atoms with Crippen molar-refractivity contribution in [3.05, 3.63) is 53.6 Å². The molecule has 1 N–H and O–H groups in total. The SMILES string of the molecule is C=CCC(C)(C)C=C1C(=O)NC(=S)N(c2ccc(Cl)cc2)C1=O. The zero-order valence-corrected chi connectivity index (χ0v) is 14.5. The monoisotopic (exact) mass is 348 g/mol. The van der Waals surface area contributed by atoms with E-state index in [2.05, 4.69) is 11.9 Å². The summed E-state index contributed by atoms with van der Waals surface area (Å²) < 4.78 is 0. The van der Waals surface area contributed by atoms with Gasteiger partial charge in [0.25, 0.3) is 11.8 Å². The number of amides is 2. The average Bonchev–Trinajstić information content (AvgIpc) is 2.45. The lowest BCUT2D eigenvalue weighted by molar-refractivity contribution is -0.122. The standard InChI is InChI=1S/C17H17ClN2O2S/c1-4-9-17(2,3)10-13-14(21)19-16(23)20(15(13)22)12-7-5-11(18)6-8-12/h4-8,10H,1,9H2,2-3H3,(H,19,21,23). The highest BCUT2D eigenvalue weighted by Crippen LogP contribution is 2.28. The van der Waals surface area contributed by atoms with Gasteiger partial charge in [-0.2, -0.15) is 0 Å². The van der Waals surface area contributed by atoms with Crippen molar-refractivity contribution in [1.29, 1.82) is 0 Å². The van der Waals surface area contributed by atoms with Gasteiger partial charge in [0.15, 0.2) is 5.11 Å². The van der Waals surface area contributed by atoms with E-state index in [-0.39, 0.29) is 16.1 Å². The second-order valence-corrected chi connectivity index (χ2v) is 6.74. The number of nitrogens with zero attached hydrogens (tertiary/aromatic N) is 1. The first kappa shape index (κ1) is 17.4. The molecular weight excluding hydrogens is 332 g/mol. The first-order valence-corrected chi connectivity index (χ1v) is 7.83. The summed E-state index contributed by atoms with van der Waals surface area (Å²) in [5, 5.41) is 3.17. The van der Waals surface area contributed by atoms with Crippen molar-refractivity contribution in [3.63, 3.8) is 0 Å². The van der Waals surface area contributed by atoms with E-state index in [0.717, 1.165) is 0 Å². The Morgan fingerprint density at radius 3 is 2.48 bits per heavy atom. The van der Waals surface area contributed by atoms with Gasteiger partial charge >= 0.3 is 0 Å². The van der Waals surface area contributed by atoms with Crippen LogP contribution in [0, 0.1) is 5.41 Å². The molecule has 1 saturated heterocycles. The third-order valence-corrected chi connectivity index (χ3v) is 3.93. The molecule has 2 rings (SSSR count). The second-order valence-electron chi connectivity index (χ2n) is 5.92. The number of hydrogen-bond acceptors (Lipinski definition) is 3. The minimum Gasteiger partial charge on any atom is -0.298 e. The lowest BCUT2D eigenvalue weighted by Crippen LogP contribution is -2.54. The fraction of sp³-hybridized carbons (Fsp3) is 0.235. The van der Waals surface area contributed by atoms with Gasteiger partial charge in [-0.25, -0.2) is 0 Å². The largest absolute Gasteiger partial charge is 0.298 e. The van der Waals surface area contributed by atoms with Gasteiger partial charge in [0.1, 0.15) is 5.57 Å². The van der Waals surface area contributed by atoms with Crippen molar-refractivity contribution in [2.24, 2.45) is 5.41 Å². The summed E-state index contributed by atoms with van der Waals surface area (Å²) in [6, 6.07) is 6.68. The summed E-state index contributed by atoms with van der Waals surface area (Å²) in [6.45, 7) is 7.57. The summed E-state index contributed by atoms with van der Waals surface area (Å²) in [5.41, 5.74) is 0.256. The Labute approximate surface area is 145 Å². The van der Waals surface area contributed by atoms with Crippen LogP contribution in [0.25, 0.3) is 0 Å². The number of anilines is 1. The Morgan fingerprint density at radius 2 is 1.91 bits per heavy atom. The van der Waals surface area contributed by atoms with Crippen LogP contribution in [0.4, 0.5) is 5.69 Å². The maximum Gasteiger partial charge on any atom is 0.269 e. The molecule has 0 saturated carbocycles. The van der Waals surface area contributed by atoms with Gasteiger partial charge in [-0.05, 0) is 48.3 Å². The number of nitrogens with one attached hydrogen (secondary N) is 1. The number of carbonyl (C=O) groups excluding carboxylic acids is 2. The molecule has 23 heavy (non-hydrogen) atoms. The summed E-state index contributed by atoms with van der Waals surface area (Å²) in [7, 11) is 0. The topological polar surface area (TPSA) is 49.4 Å². The highest BCUT2D eigenvalue weighted by atomic mass is 35.5. The van der Waals surface area contributed by atoms with Crippen LogP contribution in [0.15, 0.2) is 48.6 Å². The van der Waals surface area contributed by atoms with Gasteiger partial charge in [0.05, 0.1) is 5.69 Å². The minimum absolute atomic E-state index is 0.0565. The third kappa shape index (κ3) is 3.86. The number of allylic oxidation sites excluding steroid dienone is 2. The first-order chi connectivity index (χ1) is 10.7. The van der Waals surface area contributed by atoms with E-state index in [9.17, 15) is 9.59 Å². The maximum absolute atomic E-state index is 12.8. The lowest BCUT2D eigenvalue weighted by Gasteiger charge is -2.30. The second kappa shape index (κ2) is 6.64. The van der Waals surface area contributed by atoms with Crippen molar-refractivity contribution in [2.75, 3.05) is 4.90 Å².